The maximum absolute atomic E-state index is 12.3. The van der Waals surface area contributed by atoms with E-state index in [4.69, 9.17) is 9.47 Å². The lowest BCUT2D eigenvalue weighted by atomic mass is 9.94. The van der Waals surface area contributed by atoms with Crippen molar-refractivity contribution in [3.63, 3.8) is 0 Å². The van der Waals surface area contributed by atoms with Gasteiger partial charge in [0.15, 0.2) is 0 Å². The number of methoxy groups -OCH3 is 1. The van der Waals surface area contributed by atoms with Crippen molar-refractivity contribution >= 4 is 29.2 Å². The number of benzene rings is 2. The molecule has 0 radical (unpaired) electrons. The van der Waals surface area contributed by atoms with Gasteiger partial charge in [-0.15, -0.1) is 0 Å². The number of rotatable bonds is 8. The van der Waals surface area contributed by atoms with Gasteiger partial charge < -0.3 is 25.2 Å². The van der Waals surface area contributed by atoms with Gasteiger partial charge in [0.25, 0.3) is 0 Å². The first-order chi connectivity index (χ1) is 15.7. The summed E-state index contributed by atoms with van der Waals surface area (Å²) < 4.78 is 10.6. The van der Waals surface area contributed by atoms with E-state index in [0.717, 1.165) is 11.1 Å². The normalized spacial score (nSPS) is 12.7. The third kappa shape index (κ3) is 5.52. The molecule has 2 aromatic carbocycles. The van der Waals surface area contributed by atoms with Gasteiger partial charge in [0.1, 0.15) is 23.7 Å². The Bertz CT molecular complexity index is 1120. The van der Waals surface area contributed by atoms with E-state index in [2.05, 4.69) is 10.6 Å². The minimum absolute atomic E-state index is 0.112. The largest absolute Gasteiger partial charge is 0.507 e. The third-order valence-corrected chi connectivity index (χ3v) is 5.54. The summed E-state index contributed by atoms with van der Waals surface area (Å²) in [5, 5.41) is 16.2. The monoisotopic (exact) mass is 452 g/mol. The van der Waals surface area contributed by atoms with Crippen LogP contribution in [0.15, 0.2) is 35.9 Å². The number of carbonyl (C=O) groups excluding carboxylic acids is 3. The van der Waals surface area contributed by atoms with Crippen LogP contribution in [-0.2, 0) is 27.4 Å². The highest BCUT2D eigenvalue weighted by atomic mass is 16.5. The number of hydrogen-bond acceptors (Lipinski definition) is 6. The highest BCUT2D eigenvalue weighted by Gasteiger charge is 2.31. The minimum atomic E-state index is -0.531. The van der Waals surface area contributed by atoms with Gasteiger partial charge >= 0.3 is 5.97 Å². The Hall–Kier alpha value is -3.81. The first-order valence-electron chi connectivity index (χ1n) is 10.6. The summed E-state index contributed by atoms with van der Waals surface area (Å²) in [5.74, 6) is -0.396. The molecule has 1 aliphatic rings. The smallest absolute Gasteiger partial charge is 0.342 e. The summed E-state index contributed by atoms with van der Waals surface area (Å²) in [6.45, 7) is 5.31. The van der Waals surface area contributed by atoms with E-state index < -0.39 is 5.97 Å². The third-order valence-electron chi connectivity index (χ3n) is 5.54. The van der Waals surface area contributed by atoms with Crippen LogP contribution in [0, 0.1) is 6.92 Å². The molecule has 1 aliphatic heterocycles. The van der Waals surface area contributed by atoms with Crippen molar-refractivity contribution in [2.45, 2.75) is 46.6 Å². The molecule has 33 heavy (non-hydrogen) atoms. The molecule has 2 aromatic rings. The number of carbonyl (C=O) groups is 3. The molecule has 0 saturated heterocycles. The molecule has 0 bridgehead atoms. The van der Waals surface area contributed by atoms with Crippen LogP contribution in [0.4, 0.5) is 11.4 Å². The molecule has 0 aromatic heterocycles. The number of nitrogens with one attached hydrogen (secondary N) is 2. The van der Waals surface area contributed by atoms with Crippen LogP contribution >= 0.6 is 0 Å². The summed E-state index contributed by atoms with van der Waals surface area (Å²) >= 11 is 0. The standard InChI is InChI=1S/C25H28N2O6/c1-14(6-12-21(29)27-18-9-7-17(8-10-18)26-16(3)28)5-11-19-23(30)22-20(13-33-25(22)31)15(2)24(19)32-4/h5,7-10,30H,6,11-13H2,1-4H3,(H,26,28)(H,27,29). The zero-order valence-electron chi connectivity index (χ0n) is 19.2. The topological polar surface area (TPSA) is 114 Å². The van der Waals surface area contributed by atoms with Crippen molar-refractivity contribution in [1.82, 2.24) is 0 Å². The first-order valence-corrected chi connectivity index (χ1v) is 10.6. The lowest BCUT2D eigenvalue weighted by Gasteiger charge is -2.15. The number of hydrogen-bond donors (Lipinski definition) is 3. The second-order valence-corrected chi connectivity index (χ2v) is 7.98. The number of allylic oxidation sites excluding steroid dienone is 2. The molecule has 8 heteroatoms. The van der Waals surface area contributed by atoms with Gasteiger partial charge in [0.2, 0.25) is 11.8 Å². The van der Waals surface area contributed by atoms with Crippen LogP contribution in [0.1, 0.15) is 53.7 Å². The van der Waals surface area contributed by atoms with Crippen molar-refractivity contribution in [2.24, 2.45) is 0 Å². The Morgan fingerprint density at radius 2 is 1.76 bits per heavy atom. The number of cyclic esters (lactones) is 1. The van der Waals surface area contributed by atoms with Crippen molar-refractivity contribution in [3.8, 4) is 11.5 Å². The van der Waals surface area contributed by atoms with Gasteiger partial charge in [-0.05, 0) is 56.5 Å². The second-order valence-electron chi connectivity index (χ2n) is 7.98. The summed E-state index contributed by atoms with van der Waals surface area (Å²) in [5.41, 5.74) is 4.43. The Morgan fingerprint density at radius 3 is 2.36 bits per heavy atom. The van der Waals surface area contributed by atoms with Crippen LogP contribution in [0.25, 0.3) is 0 Å². The van der Waals surface area contributed by atoms with Crippen LogP contribution in [0.3, 0.4) is 0 Å². The van der Waals surface area contributed by atoms with E-state index in [0.29, 0.717) is 41.1 Å². The predicted octanol–water partition coefficient (Wildman–Crippen LogP) is 4.25. The van der Waals surface area contributed by atoms with Gasteiger partial charge in [-0.1, -0.05) is 11.6 Å². The van der Waals surface area contributed by atoms with Crippen molar-refractivity contribution in [3.05, 3.63) is 58.2 Å². The van der Waals surface area contributed by atoms with E-state index in [-0.39, 0.29) is 36.2 Å². The summed E-state index contributed by atoms with van der Waals surface area (Å²) in [6.07, 6.45) is 3.09. The van der Waals surface area contributed by atoms with E-state index in [1.54, 1.807) is 24.3 Å². The minimum Gasteiger partial charge on any atom is -0.507 e. The fraction of sp³-hybridized carbons (Fsp3) is 0.320. The zero-order chi connectivity index (χ0) is 24.1. The maximum Gasteiger partial charge on any atom is 0.342 e. The molecule has 3 rings (SSSR count). The SMILES string of the molecule is COc1c(C)c2c(c(O)c1CC=C(C)CCC(=O)Nc1ccc(NC(C)=O)cc1)C(=O)OC2. The number of fused-ring (bicyclic) bond motifs is 1. The Labute approximate surface area is 192 Å². The van der Waals surface area contributed by atoms with Crippen LogP contribution in [0.5, 0.6) is 11.5 Å². The molecule has 2 amide bonds. The van der Waals surface area contributed by atoms with Crippen molar-refractivity contribution in [2.75, 3.05) is 17.7 Å². The molecule has 1 heterocycles. The molecule has 0 spiro atoms. The van der Waals surface area contributed by atoms with E-state index >= 15 is 0 Å². The van der Waals surface area contributed by atoms with E-state index in [9.17, 15) is 19.5 Å². The average molecular weight is 453 g/mol. The fourth-order valence-corrected chi connectivity index (χ4v) is 3.78. The maximum atomic E-state index is 12.3. The Morgan fingerprint density at radius 1 is 1.12 bits per heavy atom. The highest BCUT2D eigenvalue weighted by Crippen LogP contribution is 2.42. The predicted molar refractivity (Wildman–Crippen MR) is 125 cm³/mol. The van der Waals surface area contributed by atoms with Crippen molar-refractivity contribution < 1.29 is 29.0 Å². The average Bonchev–Trinajstić information content (AvgIpc) is 3.16. The first kappa shape index (κ1) is 23.8. The van der Waals surface area contributed by atoms with E-state index in [1.807, 2.05) is 19.9 Å². The summed E-state index contributed by atoms with van der Waals surface area (Å²) in [7, 11) is 1.53. The Kier molecular flexibility index (Phi) is 7.37. The number of amides is 2. The van der Waals surface area contributed by atoms with Crippen LogP contribution in [-0.4, -0.2) is 30.0 Å². The molecular formula is C25H28N2O6. The zero-order valence-corrected chi connectivity index (χ0v) is 19.2. The van der Waals surface area contributed by atoms with Gasteiger partial charge in [-0.25, -0.2) is 4.79 Å². The molecule has 0 atom stereocenters. The lowest BCUT2D eigenvalue weighted by Crippen LogP contribution is -2.11. The van der Waals surface area contributed by atoms with Gasteiger partial charge in [-0.2, -0.15) is 0 Å². The number of aromatic hydroxyl groups is 1. The number of phenols is 1. The molecule has 0 saturated carbocycles. The Balaban J connectivity index is 1.61. The highest BCUT2D eigenvalue weighted by molar-refractivity contribution is 5.98. The van der Waals surface area contributed by atoms with Crippen LogP contribution < -0.4 is 15.4 Å². The quantitative estimate of drug-likeness (QED) is 0.408. The molecule has 0 fully saturated rings. The number of phenolic OH excluding ortho intramolecular Hbond substituents is 1. The van der Waals surface area contributed by atoms with Crippen LogP contribution in [0.2, 0.25) is 0 Å². The number of anilines is 2. The van der Waals surface area contributed by atoms with Gasteiger partial charge in [-0.3, -0.25) is 9.59 Å². The molecule has 174 valence electrons. The van der Waals surface area contributed by atoms with Crippen molar-refractivity contribution in [1.29, 1.82) is 0 Å². The molecule has 0 unspecified atom stereocenters. The fourth-order valence-electron chi connectivity index (χ4n) is 3.78. The number of esters is 1. The lowest BCUT2D eigenvalue weighted by molar-refractivity contribution is -0.116. The summed E-state index contributed by atoms with van der Waals surface area (Å²) in [4.78, 5) is 35.4. The molecule has 8 nitrogen and oxygen atoms in total. The summed E-state index contributed by atoms with van der Waals surface area (Å²) in [6, 6.07) is 6.89. The molecule has 0 aliphatic carbocycles. The van der Waals surface area contributed by atoms with E-state index in [1.165, 1.54) is 14.0 Å². The molecule has 3 N–H and O–H groups in total. The number of ether oxygens (including phenoxy) is 2. The van der Waals surface area contributed by atoms with Gasteiger partial charge in [0, 0.05) is 35.8 Å². The van der Waals surface area contributed by atoms with Gasteiger partial charge in [0.05, 0.1) is 7.11 Å². The second kappa shape index (κ2) is 10.2. The molecular weight excluding hydrogens is 424 g/mol.